The van der Waals surface area contributed by atoms with Crippen molar-refractivity contribution in [3.8, 4) is 16.9 Å². The molecule has 0 heterocycles. The third-order valence-electron chi connectivity index (χ3n) is 4.05. The molecule has 0 atom stereocenters. The molecule has 0 aromatic heterocycles. The Bertz CT molecular complexity index is 1090. The van der Waals surface area contributed by atoms with Crippen molar-refractivity contribution in [1.29, 1.82) is 0 Å². The van der Waals surface area contributed by atoms with Crippen molar-refractivity contribution in [3.05, 3.63) is 88.4 Å². The van der Waals surface area contributed by atoms with Crippen LogP contribution in [0, 0.1) is 0 Å². The number of hydrogen-bond donors (Lipinski definition) is 3. The minimum atomic E-state index is -0.523. The predicted molar refractivity (Wildman–Crippen MR) is 125 cm³/mol. The highest BCUT2D eigenvalue weighted by atomic mass is 35.5. The summed E-state index contributed by atoms with van der Waals surface area (Å²) >= 11 is 16.8. The Hall–Kier alpha value is -3.13. The summed E-state index contributed by atoms with van der Waals surface area (Å²) < 4.78 is 5.32. The van der Waals surface area contributed by atoms with Crippen LogP contribution in [-0.2, 0) is 4.79 Å². The van der Waals surface area contributed by atoms with Gasteiger partial charge in [-0.05, 0) is 53.7 Å². The van der Waals surface area contributed by atoms with E-state index in [0.29, 0.717) is 16.3 Å². The van der Waals surface area contributed by atoms with E-state index in [1.807, 2.05) is 42.5 Å². The zero-order valence-corrected chi connectivity index (χ0v) is 18.4. The van der Waals surface area contributed by atoms with E-state index >= 15 is 0 Å². The summed E-state index contributed by atoms with van der Waals surface area (Å²) in [5.41, 5.74) is 7.39. The number of carbonyl (C=O) groups is 2. The number of carbonyl (C=O) groups excluding carboxylic acids is 2. The van der Waals surface area contributed by atoms with Gasteiger partial charge in [0.1, 0.15) is 5.75 Å². The van der Waals surface area contributed by atoms with Gasteiger partial charge in [0.15, 0.2) is 11.7 Å². The molecule has 9 heteroatoms. The molecule has 0 spiro atoms. The van der Waals surface area contributed by atoms with Crippen LogP contribution in [0.5, 0.6) is 5.75 Å². The molecule has 6 nitrogen and oxygen atoms in total. The number of hydrogen-bond acceptors (Lipinski definition) is 4. The Morgan fingerprint density at radius 2 is 1.55 bits per heavy atom. The second-order valence-electron chi connectivity index (χ2n) is 6.26. The van der Waals surface area contributed by atoms with Gasteiger partial charge in [-0.1, -0.05) is 65.7 Å². The summed E-state index contributed by atoms with van der Waals surface area (Å²) in [5, 5.41) is 3.05. The molecule has 0 aliphatic carbocycles. The number of amides is 2. The van der Waals surface area contributed by atoms with Crippen LogP contribution in [0.1, 0.15) is 10.4 Å². The standard InChI is InChI=1S/C22H17Cl2N3O3S/c23-17-10-11-19(18(24)12-17)30-13-20(28)25-22(31)27-26-21(29)16-8-6-15(7-9-16)14-4-2-1-3-5-14/h1-12H,13H2,(H,26,29)(H2,25,27,28,31). The lowest BCUT2D eigenvalue weighted by Crippen LogP contribution is -2.49. The minimum Gasteiger partial charge on any atom is -0.482 e. The van der Waals surface area contributed by atoms with Crippen molar-refractivity contribution in [2.45, 2.75) is 0 Å². The largest absolute Gasteiger partial charge is 0.482 e. The number of thiocarbonyl (C=S) groups is 1. The van der Waals surface area contributed by atoms with Gasteiger partial charge in [-0.3, -0.25) is 25.8 Å². The zero-order valence-electron chi connectivity index (χ0n) is 16.0. The van der Waals surface area contributed by atoms with Crippen LogP contribution in [0.3, 0.4) is 0 Å². The van der Waals surface area contributed by atoms with Crippen LogP contribution >= 0.6 is 35.4 Å². The van der Waals surface area contributed by atoms with Gasteiger partial charge in [-0.15, -0.1) is 0 Å². The van der Waals surface area contributed by atoms with Gasteiger partial charge in [0.2, 0.25) is 0 Å². The monoisotopic (exact) mass is 473 g/mol. The van der Waals surface area contributed by atoms with E-state index in [4.69, 9.17) is 40.2 Å². The lowest BCUT2D eigenvalue weighted by molar-refractivity contribution is -0.121. The van der Waals surface area contributed by atoms with Gasteiger partial charge in [0, 0.05) is 10.6 Å². The van der Waals surface area contributed by atoms with Gasteiger partial charge < -0.3 is 4.74 Å². The lowest BCUT2D eigenvalue weighted by Gasteiger charge is -2.12. The molecule has 0 saturated heterocycles. The first-order valence-electron chi connectivity index (χ1n) is 9.06. The highest BCUT2D eigenvalue weighted by molar-refractivity contribution is 7.80. The third-order valence-corrected chi connectivity index (χ3v) is 4.78. The average molecular weight is 474 g/mol. The van der Waals surface area contributed by atoms with Crippen LogP contribution < -0.4 is 20.9 Å². The van der Waals surface area contributed by atoms with Crippen molar-refractivity contribution in [1.82, 2.24) is 16.2 Å². The summed E-state index contributed by atoms with van der Waals surface area (Å²) in [5.74, 6) is -0.613. The molecule has 0 aliphatic heterocycles. The summed E-state index contributed by atoms with van der Waals surface area (Å²) in [6, 6.07) is 21.6. The summed E-state index contributed by atoms with van der Waals surface area (Å²) in [6.07, 6.45) is 0. The van der Waals surface area contributed by atoms with E-state index in [2.05, 4.69) is 16.2 Å². The number of rotatable bonds is 5. The molecule has 0 unspecified atom stereocenters. The van der Waals surface area contributed by atoms with Crippen LogP contribution in [0.2, 0.25) is 10.0 Å². The molecule has 0 aliphatic rings. The number of nitrogens with one attached hydrogen (secondary N) is 3. The fourth-order valence-electron chi connectivity index (χ4n) is 2.56. The molecule has 0 saturated carbocycles. The molecule has 3 rings (SSSR count). The van der Waals surface area contributed by atoms with Crippen LogP contribution in [0.4, 0.5) is 0 Å². The average Bonchev–Trinajstić information content (AvgIpc) is 2.77. The number of halogens is 2. The zero-order chi connectivity index (χ0) is 22.2. The van der Waals surface area contributed by atoms with Crippen molar-refractivity contribution < 1.29 is 14.3 Å². The molecule has 3 aromatic carbocycles. The van der Waals surface area contributed by atoms with E-state index in [1.165, 1.54) is 6.07 Å². The molecule has 0 fully saturated rings. The molecule has 2 amide bonds. The first kappa shape index (κ1) is 22.6. The molecule has 158 valence electrons. The molecular weight excluding hydrogens is 457 g/mol. The summed E-state index contributed by atoms with van der Waals surface area (Å²) in [7, 11) is 0. The number of ether oxygens (including phenoxy) is 1. The predicted octanol–water partition coefficient (Wildman–Crippen LogP) is 4.37. The molecule has 0 radical (unpaired) electrons. The summed E-state index contributed by atoms with van der Waals surface area (Å²) in [4.78, 5) is 24.2. The molecule has 3 N–H and O–H groups in total. The number of benzene rings is 3. The first-order chi connectivity index (χ1) is 14.9. The van der Waals surface area contributed by atoms with Crippen molar-refractivity contribution in [2.75, 3.05) is 6.61 Å². The Labute approximate surface area is 194 Å². The van der Waals surface area contributed by atoms with E-state index in [0.717, 1.165) is 11.1 Å². The maximum absolute atomic E-state index is 12.3. The Balaban J connectivity index is 1.44. The molecule has 3 aromatic rings. The molecule has 0 bridgehead atoms. The Morgan fingerprint density at radius 1 is 0.871 bits per heavy atom. The highest BCUT2D eigenvalue weighted by Gasteiger charge is 2.10. The quantitative estimate of drug-likeness (QED) is 0.378. The maximum Gasteiger partial charge on any atom is 0.269 e. The normalized spacial score (nSPS) is 10.1. The Kier molecular flexibility index (Phi) is 7.83. The second kappa shape index (κ2) is 10.8. The first-order valence-corrected chi connectivity index (χ1v) is 10.2. The topological polar surface area (TPSA) is 79.5 Å². The highest BCUT2D eigenvalue weighted by Crippen LogP contribution is 2.27. The smallest absolute Gasteiger partial charge is 0.269 e. The van der Waals surface area contributed by atoms with Gasteiger partial charge in [0.05, 0.1) is 5.02 Å². The van der Waals surface area contributed by atoms with E-state index < -0.39 is 11.8 Å². The van der Waals surface area contributed by atoms with Crippen molar-refractivity contribution in [2.24, 2.45) is 0 Å². The van der Waals surface area contributed by atoms with Gasteiger partial charge in [-0.25, -0.2) is 0 Å². The van der Waals surface area contributed by atoms with E-state index in [-0.39, 0.29) is 16.7 Å². The fraction of sp³-hybridized carbons (Fsp3) is 0.0455. The van der Waals surface area contributed by atoms with Crippen molar-refractivity contribution in [3.63, 3.8) is 0 Å². The number of hydrazine groups is 1. The summed E-state index contributed by atoms with van der Waals surface area (Å²) in [6.45, 7) is -0.321. The lowest BCUT2D eigenvalue weighted by atomic mass is 10.0. The van der Waals surface area contributed by atoms with Gasteiger partial charge in [0.25, 0.3) is 11.8 Å². The van der Waals surface area contributed by atoms with Crippen LogP contribution in [-0.4, -0.2) is 23.5 Å². The van der Waals surface area contributed by atoms with E-state index in [9.17, 15) is 9.59 Å². The fourth-order valence-corrected chi connectivity index (χ4v) is 3.19. The minimum absolute atomic E-state index is 0.0786. The molecule has 31 heavy (non-hydrogen) atoms. The SMILES string of the molecule is O=C(COc1ccc(Cl)cc1Cl)NC(=S)NNC(=O)c1ccc(-c2ccccc2)cc1. The Morgan fingerprint density at radius 3 is 2.23 bits per heavy atom. The second-order valence-corrected chi connectivity index (χ2v) is 7.52. The maximum atomic E-state index is 12.3. The van der Waals surface area contributed by atoms with Crippen LogP contribution in [0.15, 0.2) is 72.8 Å². The third kappa shape index (κ3) is 6.68. The van der Waals surface area contributed by atoms with Crippen molar-refractivity contribution >= 4 is 52.3 Å². The van der Waals surface area contributed by atoms with E-state index in [1.54, 1.807) is 24.3 Å². The van der Waals surface area contributed by atoms with Gasteiger partial charge in [-0.2, -0.15) is 0 Å². The van der Waals surface area contributed by atoms with Gasteiger partial charge >= 0.3 is 0 Å². The molecular formula is C22H17Cl2N3O3S. The van der Waals surface area contributed by atoms with Crippen LogP contribution in [0.25, 0.3) is 11.1 Å².